The average molecular weight is 274 g/mol. The molecule has 0 spiro atoms. The number of hydrogen-bond acceptors (Lipinski definition) is 4. The lowest BCUT2D eigenvalue weighted by molar-refractivity contribution is 0.0471. The minimum atomic E-state index is -0.283. The number of ether oxygens (including phenoxy) is 2. The lowest BCUT2D eigenvalue weighted by Crippen LogP contribution is -2.36. The van der Waals surface area contributed by atoms with Crippen molar-refractivity contribution >= 4 is 5.82 Å². The Bertz CT molecular complexity index is 518. The highest BCUT2D eigenvalue weighted by molar-refractivity contribution is 5.57. The summed E-state index contributed by atoms with van der Waals surface area (Å²) in [7, 11) is 0. The van der Waals surface area contributed by atoms with Crippen molar-refractivity contribution in [2.45, 2.75) is 32.8 Å². The Balaban J connectivity index is 2.28. The molecule has 0 aliphatic carbocycles. The number of anilines is 1. The first-order chi connectivity index (χ1) is 9.40. The molecule has 2 rings (SSSR count). The van der Waals surface area contributed by atoms with Crippen molar-refractivity contribution < 1.29 is 9.47 Å². The van der Waals surface area contributed by atoms with Crippen LogP contribution in [-0.2, 0) is 11.2 Å². The molecule has 0 saturated heterocycles. The Labute approximate surface area is 120 Å². The van der Waals surface area contributed by atoms with Gasteiger partial charge in [-0.3, -0.25) is 4.90 Å². The molecule has 0 amide bonds. The van der Waals surface area contributed by atoms with E-state index in [9.17, 15) is 0 Å². The molecule has 1 aromatic heterocycles. The quantitative estimate of drug-likeness (QED) is 0.623. The molecule has 4 heteroatoms. The summed E-state index contributed by atoms with van der Waals surface area (Å²) < 4.78 is 11.5. The summed E-state index contributed by atoms with van der Waals surface area (Å²) in [5.41, 5.74) is 0.673. The molecule has 0 saturated carbocycles. The predicted octanol–water partition coefficient (Wildman–Crippen LogP) is 3.30. The van der Waals surface area contributed by atoms with Crippen molar-refractivity contribution in [3.8, 4) is 5.75 Å². The molecule has 1 aromatic rings. The van der Waals surface area contributed by atoms with Gasteiger partial charge < -0.3 is 9.47 Å². The standard InChI is InChI=1S/C16H22N2O2/c1-6-7-13-8-9-14-15(17-13)18(10-11-19-14)12(2)20-16(3,4)5/h6,8-9H,1-2,7,10-11H2,3-5H3. The van der Waals surface area contributed by atoms with Crippen LogP contribution in [0.4, 0.5) is 5.82 Å². The van der Waals surface area contributed by atoms with Crippen molar-refractivity contribution in [1.82, 2.24) is 4.98 Å². The van der Waals surface area contributed by atoms with Gasteiger partial charge >= 0.3 is 0 Å². The molecular weight excluding hydrogens is 252 g/mol. The number of aromatic nitrogens is 1. The van der Waals surface area contributed by atoms with E-state index < -0.39 is 0 Å². The van der Waals surface area contributed by atoms with Gasteiger partial charge in [0.15, 0.2) is 17.5 Å². The van der Waals surface area contributed by atoms with Crippen molar-refractivity contribution in [3.63, 3.8) is 0 Å². The topological polar surface area (TPSA) is 34.6 Å². The molecule has 1 aliphatic heterocycles. The van der Waals surface area contributed by atoms with Crippen molar-refractivity contribution in [2.75, 3.05) is 18.1 Å². The second kappa shape index (κ2) is 5.57. The number of rotatable bonds is 4. The maximum atomic E-state index is 5.85. The van der Waals surface area contributed by atoms with Gasteiger partial charge in [0.1, 0.15) is 12.2 Å². The highest BCUT2D eigenvalue weighted by atomic mass is 16.5. The number of pyridine rings is 1. The highest BCUT2D eigenvalue weighted by Gasteiger charge is 2.25. The third-order valence-electron chi connectivity index (χ3n) is 2.80. The molecule has 0 fully saturated rings. The number of hydrogen-bond donors (Lipinski definition) is 0. The van der Waals surface area contributed by atoms with E-state index in [2.05, 4.69) is 18.1 Å². The molecule has 108 valence electrons. The second-order valence-electron chi connectivity index (χ2n) is 5.73. The molecular formula is C16H22N2O2. The summed E-state index contributed by atoms with van der Waals surface area (Å²) in [6, 6.07) is 3.90. The summed E-state index contributed by atoms with van der Waals surface area (Å²) in [6.45, 7) is 15.1. The minimum Gasteiger partial charge on any atom is -0.488 e. The monoisotopic (exact) mass is 274 g/mol. The molecule has 4 nitrogen and oxygen atoms in total. The first-order valence-electron chi connectivity index (χ1n) is 6.80. The van der Waals surface area contributed by atoms with Crippen LogP contribution >= 0.6 is 0 Å². The van der Waals surface area contributed by atoms with Gasteiger partial charge in [0, 0.05) is 12.1 Å². The lowest BCUT2D eigenvalue weighted by Gasteiger charge is -2.34. The summed E-state index contributed by atoms with van der Waals surface area (Å²) in [5.74, 6) is 2.14. The maximum Gasteiger partial charge on any atom is 0.188 e. The maximum absolute atomic E-state index is 5.85. The smallest absolute Gasteiger partial charge is 0.188 e. The minimum absolute atomic E-state index is 0.283. The fourth-order valence-electron chi connectivity index (χ4n) is 2.05. The van der Waals surface area contributed by atoms with Crippen molar-refractivity contribution in [1.29, 1.82) is 0 Å². The van der Waals surface area contributed by atoms with Gasteiger partial charge in [-0.15, -0.1) is 6.58 Å². The SMILES string of the molecule is C=CCc1ccc2c(n1)N(C(=C)OC(C)(C)C)CCO2. The van der Waals surface area contributed by atoms with Crippen LogP contribution in [0.15, 0.2) is 37.2 Å². The summed E-state index contributed by atoms with van der Waals surface area (Å²) in [5, 5.41) is 0. The largest absolute Gasteiger partial charge is 0.488 e. The Morgan fingerprint density at radius 2 is 2.25 bits per heavy atom. The van der Waals surface area contributed by atoms with Crippen molar-refractivity contribution in [2.24, 2.45) is 0 Å². The summed E-state index contributed by atoms with van der Waals surface area (Å²) in [6.07, 6.45) is 2.57. The van der Waals surface area contributed by atoms with E-state index in [0.717, 1.165) is 23.7 Å². The molecule has 0 atom stereocenters. The van der Waals surface area contributed by atoms with E-state index in [1.165, 1.54) is 0 Å². The Hall–Kier alpha value is -1.97. The zero-order chi connectivity index (χ0) is 14.8. The van der Waals surface area contributed by atoms with Gasteiger partial charge in [-0.05, 0) is 39.5 Å². The van der Waals surface area contributed by atoms with Gasteiger partial charge in [-0.25, -0.2) is 4.98 Å². The normalized spacial score (nSPS) is 14.2. The van der Waals surface area contributed by atoms with E-state index in [0.29, 0.717) is 19.0 Å². The highest BCUT2D eigenvalue weighted by Crippen LogP contribution is 2.33. The van der Waals surface area contributed by atoms with E-state index in [4.69, 9.17) is 9.47 Å². The first-order valence-corrected chi connectivity index (χ1v) is 6.80. The predicted molar refractivity (Wildman–Crippen MR) is 81.0 cm³/mol. The van der Waals surface area contributed by atoms with Gasteiger partial charge in [0.2, 0.25) is 0 Å². The third kappa shape index (κ3) is 3.32. The molecule has 0 radical (unpaired) electrons. The Morgan fingerprint density at radius 3 is 2.90 bits per heavy atom. The number of allylic oxidation sites excluding steroid dienone is 1. The molecule has 0 unspecified atom stereocenters. The second-order valence-corrected chi connectivity index (χ2v) is 5.73. The zero-order valence-corrected chi connectivity index (χ0v) is 12.5. The van der Waals surface area contributed by atoms with E-state index in [-0.39, 0.29) is 5.60 Å². The van der Waals surface area contributed by atoms with Gasteiger partial charge in [0.25, 0.3) is 0 Å². The number of fused-ring (bicyclic) bond motifs is 1. The van der Waals surface area contributed by atoms with E-state index in [1.54, 1.807) is 0 Å². The van der Waals surface area contributed by atoms with Crippen LogP contribution in [0.25, 0.3) is 0 Å². The third-order valence-corrected chi connectivity index (χ3v) is 2.80. The Morgan fingerprint density at radius 1 is 1.50 bits per heavy atom. The van der Waals surface area contributed by atoms with Gasteiger partial charge in [-0.1, -0.05) is 6.08 Å². The summed E-state index contributed by atoms with van der Waals surface area (Å²) >= 11 is 0. The van der Waals surface area contributed by atoms with Crippen LogP contribution < -0.4 is 9.64 Å². The van der Waals surface area contributed by atoms with Crippen molar-refractivity contribution in [3.05, 3.63) is 42.9 Å². The van der Waals surface area contributed by atoms with E-state index in [1.807, 2.05) is 43.9 Å². The van der Waals surface area contributed by atoms with Crippen LogP contribution in [0.2, 0.25) is 0 Å². The zero-order valence-electron chi connectivity index (χ0n) is 12.5. The molecule has 2 heterocycles. The average Bonchev–Trinajstić information content (AvgIpc) is 2.36. The van der Waals surface area contributed by atoms with Gasteiger partial charge in [0.05, 0.1) is 6.54 Å². The van der Waals surface area contributed by atoms with Crippen LogP contribution in [-0.4, -0.2) is 23.7 Å². The van der Waals surface area contributed by atoms with Crippen LogP contribution in [0.1, 0.15) is 26.5 Å². The first kappa shape index (κ1) is 14.4. The molecule has 0 bridgehead atoms. The Kier molecular flexibility index (Phi) is 4.02. The molecule has 0 N–H and O–H groups in total. The lowest BCUT2D eigenvalue weighted by atomic mass is 10.2. The number of nitrogens with zero attached hydrogens (tertiary/aromatic N) is 2. The fraction of sp³-hybridized carbons (Fsp3) is 0.438. The summed E-state index contributed by atoms with van der Waals surface area (Å²) in [4.78, 5) is 6.59. The van der Waals surface area contributed by atoms with Crippen LogP contribution in [0.5, 0.6) is 5.75 Å². The molecule has 20 heavy (non-hydrogen) atoms. The van der Waals surface area contributed by atoms with Crippen LogP contribution in [0, 0.1) is 0 Å². The van der Waals surface area contributed by atoms with Gasteiger partial charge in [-0.2, -0.15) is 0 Å². The van der Waals surface area contributed by atoms with Crippen LogP contribution in [0.3, 0.4) is 0 Å². The fourth-order valence-corrected chi connectivity index (χ4v) is 2.05. The molecule has 0 aromatic carbocycles. The molecule has 1 aliphatic rings. The van der Waals surface area contributed by atoms with E-state index >= 15 is 0 Å².